The first-order valence-corrected chi connectivity index (χ1v) is 5.66. The Kier molecular flexibility index (Phi) is 3.38. The van der Waals surface area contributed by atoms with Crippen molar-refractivity contribution in [1.82, 2.24) is 4.90 Å². The molecular weight excluding hydrogens is 232 g/mol. The highest BCUT2D eigenvalue weighted by Gasteiger charge is 2.21. The molecule has 1 heterocycles. The van der Waals surface area contributed by atoms with E-state index in [1.165, 1.54) is 11.8 Å². The van der Waals surface area contributed by atoms with Crippen molar-refractivity contribution in [2.24, 2.45) is 0 Å². The predicted molar refractivity (Wildman–Crippen MR) is 64.2 cm³/mol. The fourth-order valence-corrected chi connectivity index (χ4v) is 1.80. The van der Waals surface area contributed by atoms with E-state index < -0.39 is 6.04 Å². The minimum Gasteiger partial charge on any atom is -0.486 e. The van der Waals surface area contributed by atoms with Crippen molar-refractivity contribution in [3.05, 3.63) is 23.8 Å². The topological polar surface area (TPSA) is 62.6 Å². The van der Waals surface area contributed by atoms with Crippen molar-refractivity contribution >= 4 is 5.91 Å². The third-order valence-electron chi connectivity index (χ3n) is 2.89. The van der Waals surface area contributed by atoms with Gasteiger partial charge >= 0.3 is 0 Å². The molecule has 1 aromatic rings. The van der Waals surface area contributed by atoms with Gasteiger partial charge in [-0.2, -0.15) is 5.26 Å². The van der Waals surface area contributed by atoms with Crippen molar-refractivity contribution in [1.29, 1.82) is 5.26 Å². The highest BCUT2D eigenvalue weighted by molar-refractivity contribution is 5.74. The number of hydrogen-bond acceptors (Lipinski definition) is 4. The molecule has 1 aromatic carbocycles. The number of carbonyl (C=O) groups excluding carboxylic acids is 1. The number of amides is 1. The zero-order valence-corrected chi connectivity index (χ0v) is 10.3. The molecule has 1 amide bonds. The summed E-state index contributed by atoms with van der Waals surface area (Å²) in [6.45, 7) is 2.46. The van der Waals surface area contributed by atoms with E-state index >= 15 is 0 Å². The average molecular weight is 246 g/mol. The zero-order chi connectivity index (χ0) is 13.1. The first-order valence-electron chi connectivity index (χ1n) is 5.66. The lowest BCUT2D eigenvalue weighted by Gasteiger charge is -2.24. The molecule has 1 unspecified atom stereocenters. The summed E-state index contributed by atoms with van der Waals surface area (Å²) in [4.78, 5) is 12.7. The van der Waals surface area contributed by atoms with Crippen molar-refractivity contribution in [3.8, 4) is 17.6 Å². The summed E-state index contributed by atoms with van der Waals surface area (Å²) in [6, 6.07) is 6.80. The molecular formula is C13H14N2O3. The van der Waals surface area contributed by atoms with Crippen LogP contribution in [0.25, 0.3) is 0 Å². The Morgan fingerprint density at radius 3 is 2.67 bits per heavy atom. The van der Waals surface area contributed by atoms with E-state index in [1.54, 1.807) is 25.2 Å². The smallest absolute Gasteiger partial charge is 0.220 e. The Labute approximate surface area is 106 Å². The van der Waals surface area contributed by atoms with Gasteiger partial charge < -0.3 is 14.4 Å². The molecule has 0 radical (unpaired) electrons. The normalized spacial score (nSPS) is 14.5. The quantitative estimate of drug-likeness (QED) is 0.793. The summed E-state index contributed by atoms with van der Waals surface area (Å²) in [7, 11) is 1.60. The molecule has 0 bridgehead atoms. The van der Waals surface area contributed by atoms with Crippen molar-refractivity contribution < 1.29 is 14.3 Å². The summed E-state index contributed by atoms with van der Waals surface area (Å²) < 4.78 is 10.9. The molecule has 2 rings (SSSR count). The average Bonchev–Trinajstić information content (AvgIpc) is 2.39. The molecule has 1 aliphatic heterocycles. The van der Waals surface area contributed by atoms with Crippen LogP contribution >= 0.6 is 0 Å². The van der Waals surface area contributed by atoms with Crippen LogP contribution in [0.5, 0.6) is 11.5 Å². The lowest BCUT2D eigenvalue weighted by Crippen LogP contribution is -2.28. The predicted octanol–water partition coefficient (Wildman–Crippen LogP) is 1.50. The van der Waals surface area contributed by atoms with Gasteiger partial charge in [0.1, 0.15) is 19.3 Å². The molecule has 0 fully saturated rings. The van der Waals surface area contributed by atoms with Gasteiger partial charge in [-0.05, 0) is 17.7 Å². The van der Waals surface area contributed by atoms with Gasteiger partial charge in [0.2, 0.25) is 5.91 Å². The summed E-state index contributed by atoms with van der Waals surface area (Å²) in [5.41, 5.74) is 0.722. The van der Waals surface area contributed by atoms with Gasteiger partial charge in [-0.15, -0.1) is 0 Å². The highest BCUT2D eigenvalue weighted by atomic mass is 16.6. The van der Waals surface area contributed by atoms with Crippen LogP contribution in [-0.4, -0.2) is 31.1 Å². The SMILES string of the molecule is CC(=O)N(C)C(C#N)c1ccc2c(c1)OCCO2. The number of fused-ring (bicyclic) bond motifs is 1. The summed E-state index contributed by atoms with van der Waals surface area (Å²) in [5, 5.41) is 9.19. The Hall–Kier alpha value is -2.22. The lowest BCUT2D eigenvalue weighted by molar-refractivity contribution is -0.128. The highest BCUT2D eigenvalue weighted by Crippen LogP contribution is 2.33. The van der Waals surface area contributed by atoms with Crippen LogP contribution in [0, 0.1) is 11.3 Å². The van der Waals surface area contributed by atoms with Gasteiger partial charge in [-0.1, -0.05) is 6.07 Å². The molecule has 0 saturated heterocycles. The molecule has 0 aromatic heterocycles. The van der Waals surface area contributed by atoms with E-state index in [0.717, 1.165) is 5.56 Å². The first kappa shape index (κ1) is 12.2. The molecule has 0 saturated carbocycles. The second kappa shape index (κ2) is 4.96. The van der Waals surface area contributed by atoms with E-state index in [-0.39, 0.29) is 5.91 Å². The van der Waals surface area contributed by atoms with Gasteiger partial charge in [0.25, 0.3) is 0 Å². The molecule has 18 heavy (non-hydrogen) atoms. The molecule has 0 N–H and O–H groups in total. The van der Waals surface area contributed by atoms with Crippen molar-refractivity contribution in [2.45, 2.75) is 13.0 Å². The fourth-order valence-electron chi connectivity index (χ4n) is 1.80. The van der Waals surface area contributed by atoms with Gasteiger partial charge in [0, 0.05) is 14.0 Å². The van der Waals surface area contributed by atoms with Crippen molar-refractivity contribution in [2.75, 3.05) is 20.3 Å². The number of ether oxygens (including phenoxy) is 2. The number of hydrogen-bond donors (Lipinski definition) is 0. The third kappa shape index (κ3) is 2.23. The molecule has 0 aliphatic carbocycles. The standard InChI is InChI=1S/C13H14N2O3/c1-9(16)15(2)11(8-14)10-3-4-12-13(7-10)18-6-5-17-12/h3-4,7,11H,5-6H2,1-2H3. The lowest BCUT2D eigenvalue weighted by atomic mass is 10.1. The summed E-state index contributed by atoms with van der Waals surface area (Å²) in [6.07, 6.45) is 0. The Bertz CT molecular complexity index is 507. The minimum atomic E-state index is -0.613. The molecule has 1 aliphatic rings. The van der Waals surface area contributed by atoms with Crippen LogP contribution in [-0.2, 0) is 4.79 Å². The third-order valence-corrected chi connectivity index (χ3v) is 2.89. The number of rotatable bonds is 2. The van der Waals surface area contributed by atoms with E-state index in [4.69, 9.17) is 9.47 Å². The number of nitrogens with zero attached hydrogens (tertiary/aromatic N) is 2. The summed E-state index contributed by atoms with van der Waals surface area (Å²) in [5.74, 6) is 1.14. The Morgan fingerprint density at radius 1 is 1.39 bits per heavy atom. The van der Waals surface area contributed by atoms with Crippen LogP contribution in [0.2, 0.25) is 0 Å². The van der Waals surface area contributed by atoms with E-state index in [0.29, 0.717) is 24.7 Å². The van der Waals surface area contributed by atoms with Gasteiger partial charge in [0.15, 0.2) is 11.5 Å². The molecule has 5 heteroatoms. The molecule has 5 nitrogen and oxygen atoms in total. The van der Waals surface area contributed by atoms with Gasteiger partial charge in [-0.25, -0.2) is 0 Å². The van der Waals surface area contributed by atoms with Crippen LogP contribution in [0.4, 0.5) is 0 Å². The maximum Gasteiger partial charge on any atom is 0.220 e. The molecule has 0 spiro atoms. The van der Waals surface area contributed by atoms with Gasteiger partial charge in [-0.3, -0.25) is 4.79 Å². The Morgan fingerprint density at radius 2 is 2.06 bits per heavy atom. The van der Waals surface area contributed by atoms with Crippen LogP contribution in [0.15, 0.2) is 18.2 Å². The van der Waals surface area contributed by atoms with Crippen molar-refractivity contribution in [3.63, 3.8) is 0 Å². The maximum atomic E-state index is 11.3. The largest absolute Gasteiger partial charge is 0.486 e. The second-order valence-corrected chi connectivity index (χ2v) is 4.06. The summed E-state index contributed by atoms with van der Waals surface area (Å²) >= 11 is 0. The van der Waals surface area contributed by atoms with Crippen LogP contribution in [0.1, 0.15) is 18.5 Å². The van der Waals surface area contributed by atoms with E-state index in [9.17, 15) is 10.1 Å². The zero-order valence-electron chi connectivity index (χ0n) is 10.3. The van der Waals surface area contributed by atoms with E-state index in [1.807, 2.05) is 0 Å². The second-order valence-electron chi connectivity index (χ2n) is 4.06. The Balaban J connectivity index is 2.32. The number of carbonyl (C=O) groups is 1. The fraction of sp³-hybridized carbons (Fsp3) is 0.385. The monoisotopic (exact) mass is 246 g/mol. The van der Waals surface area contributed by atoms with E-state index in [2.05, 4.69) is 6.07 Å². The van der Waals surface area contributed by atoms with Gasteiger partial charge in [0.05, 0.1) is 6.07 Å². The first-order chi connectivity index (χ1) is 8.63. The maximum absolute atomic E-state index is 11.3. The minimum absolute atomic E-state index is 0.156. The van der Waals surface area contributed by atoms with Crippen LogP contribution < -0.4 is 9.47 Å². The molecule has 94 valence electrons. The molecule has 1 atom stereocenters. The number of benzene rings is 1. The number of nitriles is 1. The van der Waals surface area contributed by atoms with Crippen LogP contribution in [0.3, 0.4) is 0 Å².